The van der Waals surface area contributed by atoms with Crippen molar-refractivity contribution in [3.05, 3.63) is 46.1 Å². The average Bonchev–Trinajstić information content (AvgIpc) is 3.49. The third-order valence-electron chi connectivity index (χ3n) is 8.03. The second-order valence-corrected chi connectivity index (χ2v) is 11.0. The lowest BCUT2D eigenvalue weighted by Crippen LogP contribution is -2.48. The Morgan fingerprint density at radius 1 is 1.08 bits per heavy atom. The first kappa shape index (κ1) is 24.8. The monoisotopic (exact) mass is 510 g/mol. The number of anilines is 2. The minimum atomic E-state index is -0.0395. The predicted octanol–water partition coefficient (Wildman–Crippen LogP) is 4.09. The highest BCUT2D eigenvalue weighted by Crippen LogP contribution is 2.42. The molecule has 2 fully saturated rings. The molecular formula is C27H35ClN6O2. The van der Waals surface area contributed by atoms with Gasteiger partial charge in [0.15, 0.2) is 0 Å². The van der Waals surface area contributed by atoms with Gasteiger partial charge >= 0.3 is 0 Å². The van der Waals surface area contributed by atoms with Crippen LogP contribution in [0.5, 0.6) is 0 Å². The average molecular weight is 511 g/mol. The molecule has 9 heteroatoms. The Balaban J connectivity index is 1.45. The molecule has 1 aromatic heterocycles. The third kappa shape index (κ3) is 4.63. The van der Waals surface area contributed by atoms with Crippen molar-refractivity contribution in [1.29, 1.82) is 0 Å². The van der Waals surface area contributed by atoms with Crippen LogP contribution in [0.15, 0.2) is 24.3 Å². The first-order chi connectivity index (χ1) is 17.3. The second kappa shape index (κ2) is 9.88. The minimum Gasteiger partial charge on any atom is -0.369 e. The fourth-order valence-corrected chi connectivity index (χ4v) is 5.90. The number of carbonyl (C=O) groups is 2. The van der Waals surface area contributed by atoms with Crippen molar-refractivity contribution < 1.29 is 9.59 Å². The van der Waals surface area contributed by atoms with Gasteiger partial charge in [0.25, 0.3) is 5.91 Å². The molecule has 36 heavy (non-hydrogen) atoms. The molecule has 3 aliphatic rings. The van der Waals surface area contributed by atoms with Gasteiger partial charge in [0.1, 0.15) is 11.5 Å². The highest BCUT2D eigenvalue weighted by atomic mass is 35.5. The van der Waals surface area contributed by atoms with Crippen LogP contribution < -0.4 is 10.2 Å². The van der Waals surface area contributed by atoms with Crippen molar-refractivity contribution in [3.63, 3.8) is 0 Å². The Kier molecular flexibility index (Phi) is 6.81. The number of nitrogens with zero attached hydrogens (tertiary/aromatic N) is 5. The van der Waals surface area contributed by atoms with E-state index in [-0.39, 0.29) is 23.3 Å². The van der Waals surface area contributed by atoms with Crippen LogP contribution in [0, 0.1) is 0 Å². The molecule has 0 atom stereocenters. The molecule has 5 rings (SSSR count). The highest BCUT2D eigenvalue weighted by Gasteiger charge is 2.38. The number of hydrogen-bond acceptors (Lipinski definition) is 6. The number of piperazine rings is 1. The van der Waals surface area contributed by atoms with Crippen LogP contribution in [0.1, 0.15) is 68.1 Å². The standard InChI is InChI=1S/C27H35ClN6O2/c1-18(2)34-16-22-23(25(34)36)30-26(33-14-12-32(13-15-33)19(3)35)31-24(22)29-17-27(10-4-5-11-27)20-6-8-21(28)9-7-20/h6-9,18H,4-5,10-17H2,1-3H3,(H,29,30,31). The van der Waals surface area contributed by atoms with Crippen LogP contribution in [0.4, 0.5) is 11.8 Å². The van der Waals surface area contributed by atoms with Crippen molar-refractivity contribution in [2.24, 2.45) is 0 Å². The molecule has 1 saturated carbocycles. The Bertz CT molecular complexity index is 1140. The normalized spacial score (nSPS) is 19.2. The molecule has 2 amide bonds. The van der Waals surface area contributed by atoms with Crippen molar-refractivity contribution in [2.45, 2.75) is 64.5 Å². The minimum absolute atomic E-state index is 0.00997. The van der Waals surface area contributed by atoms with Gasteiger partial charge in [-0.15, -0.1) is 0 Å². The fourth-order valence-electron chi connectivity index (χ4n) is 5.78. The number of benzene rings is 1. The van der Waals surface area contributed by atoms with E-state index in [1.807, 2.05) is 35.8 Å². The first-order valence-corrected chi connectivity index (χ1v) is 13.4. The largest absolute Gasteiger partial charge is 0.369 e. The Labute approximate surface area is 218 Å². The number of nitrogens with one attached hydrogen (secondary N) is 1. The van der Waals surface area contributed by atoms with Crippen LogP contribution in [-0.2, 0) is 16.8 Å². The quantitative estimate of drug-likeness (QED) is 0.630. The zero-order chi connectivity index (χ0) is 25.4. The van der Waals surface area contributed by atoms with E-state index in [4.69, 9.17) is 21.6 Å². The summed E-state index contributed by atoms with van der Waals surface area (Å²) in [5, 5.41) is 4.42. The number of halogens is 1. The smallest absolute Gasteiger partial charge is 0.273 e. The molecule has 1 saturated heterocycles. The molecule has 3 heterocycles. The molecule has 0 unspecified atom stereocenters. The molecule has 2 aliphatic heterocycles. The number of hydrogen-bond donors (Lipinski definition) is 1. The summed E-state index contributed by atoms with van der Waals surface area (Å²) in [6.45, 7) is 9.46. The summed E-state index contributed by atoms with van der Waals surface area (Å²) in [4.78, 5) is 40.5. The van der Waals surface area contributed by atoms with Crippen LogP contribution >= 0.6 is 11.6 Å². The summed E-state index contributed by atoms with van der Waals surface area (Å²) in [7, 11) is 0. The molecule has 0 spiro atoms. The maximum Gasteiger partial charge on any atom is 0.273 e. The summed E-state index contributed by atoms with van der Waals surface area (Å²) in [5.74, 6) is 1.35. The van der Waals surface area contributed by atoms with Crippen molar-refractivity contribution in [1.82, 2.24) is 19.8 Å². The van der Waals surface area contributed by atoms with E-state index in [0.29, 0.717) is 44.4 Å². The maximum atomic E-state index is 13.3. The number of carbonyl (C=O) groups excluding carboxylic acids is 2. The summed E-state index contributed by atoms with van der Waals surface area (Å²) >= 11 is 6.18. The zero-order valence-corrected chi connectivity index (χ0v) is 22.1. The van der Waals surface area contributed by atoms with Crippen molar-refractivity contribution >= 4 is 35.2 Å². The number of fused-ring (bicyclic) bond motifs is 1. The summed E-state index contributed by atoms with van der Waals surface area (Å²) in [6.07, 6.45) is 4.59. The van der Waals surface area contributed by atoms with E-state index in [9.17, 15) is 9.59 Å². The summed E-state index contributed by atoms with van der Waals surface area (Å²) in [6, 6.07) is 8.31. The van der Waals surface area contributed by atoms with E-state index < -0.39 is 0 Å². The van der Waals surface area contributed by atoms with Gasteiger partial charge in [-0.25, -0.2) is 4.98 Å². The van der Waals surface area contributed by atoms with E-state index in [2.05, 4.69) is 22.3 Å². The van der Waals surface area contributed by atoms with E-state index in [0.717, 1.165) is 35.8 Å². The summed E-state index contributed by atoms with van der Waals surface area (Å²) < 4.78 is 0. The molecule has 0 bridgehead atoms. The van der Waals surface area contributed by atoms with Gasteiger partial charge < -0.3 is 20.0 Å². The second-order valence-electron chi connectivity index (χ2n) is 10.6. The van der Waals surface area contributed by atoms with Crippen LogP contribution in [0.25, 0.3) is 0 Å². The lowest BCUT2D eigenvalue weighted by atomic mass is 9.79. The molecule has 8 nitrogen and oxygen atoms in total. The van der Waals surface area contributed by atoms with Gasteiger partial charge in [0.2, 0.25) is 11.9 Å². The first-order valence-electron chi connectivity index (χ1n) is 13.0. The van der Waals surface area contributed by atoms with Crippen molar-refractivity contribution in [2.75, 3.05) is 42.9 Å². The number of amides is 2. The van der Waals surface area contributed by atoms with E-state index in [1.165, 1.54) is 18.4 Å². The van der Waals surface area contributed by atoms with Crippen molar-refractivity contribution in [3.8, 4) is 0 Å². The van der Waals surface area contributed by atoms with E-state index in [1.54, 1.807) is 6.92 Å². The molecule has 1 N–H and O–H groups in total. The van der Waals surface area contributed by atoms with E-state index >= 15 is 0 Å². The van der Waals surface area contributed by atoms with Crippen LogP contribution in [0.2, 0.25) is 5.02 Å². The molecule has 1 aliphatic carbocycles. The number of aromatic nitrogens is 2. The number of rotatable bonds is 6. The Morgan fingerprint density at radius 2 is 1.75 bits per heavy atom. The molecule has 0 radical (unpaired) electrons. The van der Waals surface area contributed by atoms with Gasteiger partial charge in [0, 0.05) is 61.7 Å². The lowest BCUT2D eigenvalue weighted by Gasteiger charge is -2.34. The van der Waals surface area contributed by atoms with Gasteiger partial charge in [-0.1, -0.05) is 36.6 Å². The van der Waals surface area contributed by atoms with Gasteiger partial charge in [-0.2, -0.15) is 4.98 Å². The predicted molar refractivity (Wildman–Crippen MR) is 142 cm³/mol. The molecule has 192 valence electrons. The van der Waals surface area contributed by atoms with Crippen LogP contribution in [-0.4, -0.2) is 70.3 Å². The molecule has 2 aromatic rings. The molecule has 1 aromatic carbocycles. The fraction of sp³-hybridized carbons (Fsp3) is 0.556. The van der Waals surface area contributed by atoms with Gasteiger partial charge in [0.05, 0.1) is 6.54 Å². The Hall–Kier alpha value is -2.87. The topological polar surface area (TPSA) is 81.7 Å². The zero-order valence-electron chi connectivity index (χ0n) is 21.4. The lowest BCUT2D eigenvalue weighted by molar-refractivity contribution is -0.129. The summed E-state index contributed by atoms with van der Waals surface area (Å²) in [5.41, 5.74) is 2.68. The Morgan fingerprint density at radius 3 is 2.36 bits per heavy atom. The molecular weight excluding hydrogens is 476 g/mol. The third-order valence-corrected chi connectivity index (χ3v) is 8.28. The highest BCUT2D eigenvalue weighted by molar-refractivity contribution is 6.30. The maximum absolute atomic E-state index is 13.3. The van der Waals surface area contributed by atoms with Crippen LogP contribution in [0.3, 0.4) is 0 Å². The SMILES string of the molecule is CC(=O)N1CCN(c2nc(NCC3(c4ccc(Cl)cc4)CCCC3)c3c(n2)C(=O)N(C(C)C)C3)CC1. The van der Waals surface area contributed by atoms with Gasteiger partial charge in [-0.05, 0) is 44.4 Å². The van der Waals surface area contributed by atoms with Gasteiger partial charge in [-0.3, -0.25) is 9.59 Å².